The zero-order valence-corrected chi connectivity index (χ0v) is 14.4. The molecule has 1 heterocycles. The van der Waals surface area contributed by atoms with Gasteiger partial charge >= 0.3 is 0 Å². The molecule has 0 bridgehead atoms. The minimum absolute atomic E-state index is 0.0451. The van der Waals surface area contributed by atoms with E-state index >= 15 is 0 Å². The van der Waals surface area contributed by atoms with Gasteiger partial charge in [0.25, 0.3) is 0 Å². The molecular weight excluding hydrogens is 290 g/mol. The third-order valence-electron chi connectivity index (χ3n) is 4.24. The van der Waals surface area contributed by atoms with E-state index in [1.165, 1.54) is 25.0 Å². The molecule has 1 aromatic rings. The number of halogens is 1. The number of Topliss-reactive ketones (excluding diaryl/α,β-unsaturated/α-hetero) is 1. The van der Waals surface area contributed by atoms with Crippen LogP contribution in [0.2, 0.25) is 0 Å². The standard InChI is InChI=1S/C16H24ClNOS/c1-5-20-15-8-6-7-14(15)18-10(2)9-13(12(18)4)16(19)11(3)17/h9,11,14-15H,5-8H2,1-4H3. The molecule has 1 fully saturated rings. The fourth-order valence-corrected chi connectivity index (χ4v) is 4.72. The second kappa shape index (κ2) is 6.57. The number of carbonyl (C=O) groups excluding carboxylic acids is 1. The van der Waals surface area contributed by atoms with E-state index in [1.54, 1.807) is 6.92 Å². The average molecular weight is 314 g/mol. The van der Waals surface area contributed by atoms with Crippen molar-refractivity contribution in [1.82, 2.24) is 4.57 Å². The summed E-state index contributed by atoms with van der Waals surface area (Å²) in [6, 6.07) is 2.55. The lowest BCUT2D eigenvalue weighted by atomic mass is 10.1. The van der Waals surface area contributed by atoms with Gasteiger partial charge < -0.3 is 4.57 Å². The molecule has 2 rings (SSSR count). The van der Waals surface area contributed by atoms with E-state index in [9.17, 15) is 4.79 Å². The van der Waals surface area contributed by atoms with Crippen molar-refractivity contribution in [2.24, 2.45) is 0 Å². The highest BCUT2D eigenvalue weighted by Gasteiger charge is 2.31. The van der Waals surface area contributed by atoms with Crippen LogP contribution >= 0.6 is 23.4 Å². The zero-order chi connectivity index (χ0) is 14.9. The van der Waals surface area contributed by atoms with Crippen molar-refractivity contribution in [1.29, 1.82) is 0 Å². The van der Waals surface area contributed by atoms with Gasteiger partial charge in [-0.15, -0.1) is 11.6 Å². The smallest absolute Gasteiger partial charge is 0.182 e. The molecule has 1 aromatic heterocycles. The molecule has 1 saturated carbocycles. The molecule has 2 nitrogen and oxygen atoms in total. The Kier molecular flexibility index (Phi) is 5.25. The molecule has 3 unspecified atom stereocenters. The van der Waals surface area contributed by atoms with Gasteiger partial charge in [-0.2, -0.15) is 11.8 Å². The van der Waals surface area contributed by atoms with Crippen LogP contribution in [0, 0.1) is 13.8 Å². The van der Waals surface area contributed by atoms with Gasteiger partial charge in [0.1, 0.15) is 0 Å². The number of hydrogen-bond donors (Lipinski definition) is 0. The normalized spacial score (nSPS) is 24.1. The molecule has 0 N–H and O–H groups in total. The summed E-state index contributed by atoms with van der Waals surface area (Å²) in [5.74, 6) is 1.20. The fraction of sp³-hybridized carbons (Fsp3) is 0.688. The number of ketones is 1. The van der Waals surface area contributed by atoms with Gasteiger partial charge in [0, 0.05) is 28.2 Å². The number of rotatable bonds is 5. The SMILES string of the molecule is CCSC1CCCC1n1c(C)cc(C(=O)C(C)Cl)c1C. The predicted molar refractivity (Wildman–Crippen MR) is 88.4 cm³/mol. The number of carbonyl (C=O) groups is 1. The first-order chi connectivity index (χ1) is 9.47. The number of nitrogens with zero attached hydrogens (tertiary/aromatic N) is 1. The van der Waals surface area contributed by atoms with E-state index < -0.39 is 5.38 Å². The molecule has 0 aliphatic heterocycles. The van der Waals surface area contributed by atoms with Crippen LogP contribution in [-0.2, 0) is 0 Å². The first-order valence-electron chi connectivity index (χ1n) is 7.45. The highest BCUT2D eigenvalue weighted by atomic mass is 35.5. The summed E-state index contributed by atoms with van der Waals surface area (Å²) in [4.78, 5) is 12.2. The maximum Gasteiger partial charge on any atom is 0.182 e. The van der Waals surface area contributed by atoms with E-state index in [4.69, 9.17) is 11.6 Å². The van der Waals surface area contributed by atoms with E-state index in [2.05, 4.69) is 37.1 Å². The van der Waals surface area contributed by atoms with E-state index in [0.29, 0.717) is 11.3 Å². The molecule has 112 valence electrons. The lowest BCUT2D eigenvalue weighted by Crippen LogP contribution is -2.19. The van der Waals surface area contributed by atoms with Crippen molar-refractivity contribution in [3.8, 4) is 0 Å². The second-order valence-corrected chi connectivity index (χ2v) is 7.80. The molecule has 0 radical (unpaired) electrons. The van der Waals surface area contributed by atoms with Crippen molar-refractivity contribution in [3.63, 3.8) is 0 Å². The van der Waals surface area contributed by atoms with Crippen molar-refractivity contribution in [3.05, 3.63) is 23.0 Å². The summed E-state index contributed by atoms with van der Waals surface area (Å²) in [7, 11) is 0. The van der Waals surface area contributed by atoms with Crippen LogP contribution in [0.25, 0.3) is 0 Å². The van der Waals surface area contributed by atoms with Crippen LogP contribution in [0.1, 0.15) is 60.9 Å². The summed E-state index contributed by atoms with van der Waals surface area (Å²) in [6.45, 7) is 8.14. The van der Waals surface area contributed by atoms with Gasteiger partial charge in [0.05, 0.1) is 5.38 Å². The third kappa shape index (κ3) is 2.94. The summed E-state index contributed by atoms with van der Waals surface area (Å²) < 4.78 is 2.38. The maximum absolute atomic E-state index is 12.2. The minimum atomic E-state index is -0.451. The van der Waals surface area contributed by atoms with Gasteiger partial charge in [0.15, 0.2) is 5.78 Å². The minimum Gasteiger partial charge on any atom is -0.344 e. The molecule has 0 spiro atoms. The van der Waals surface area contributed by atoms with E-state index in [1.807, 2.05) is 6.07 Å². The molecule has 1 aliphatic rings. The molecule has 0 aromatic carbocycles. The van der Waals surface area contributed by atoms with Crippen LogP contribution in [-0.4, -0.2) is 26.7 Å². The van der Waals surface area contributed by atoms with E-state index in [-0.39, 0.29) is 5.78 Å². The molecule has 4 heteroatoms. The molecular formula is C16H24ClNOS. The highest BCUT2D eigenvalue weighted by Crippen LogP contribution is 2.40. The van der Waals surface area contributed by atoms with Crippen LogP contribution < -0.4 is 0 Å². The number of thioether (sulfide) groups is 1. The van der Waals surface area contributed by atoms with Crippen molar-refractivity contribution >= 4 is 29.1 Å². The summed E-state index contributed by atoms with van der Waals surface area (Å²) in [5.41, 5.74) is 3.09. The largest absolute Gasteiger partial charge is 0.344 e. The number of aromatic nitrogens is 1. The molecule has 3 atom stereocenters. The average Bonchev–Trinajstić information content (AvgIpc) is 2.94. The highest BCUT2D eigenvalue weighted by molar-refractivity contribution is 7.99. The Labute approximate surface area is 131 Å². The predicted octanol–water partition coefficient (Wildman–Crippen LogP) is 4.76. The molecule has 1 aliphatic carbocycles. The van der Waals surface area contributed by atoms with Gasteiger partial charge in [-0.3, -0.25) is 4.79 Å². The first-order valence-corrected chi connectivity index (χ1v) is 8.94. The second-order valence-electron chi connectivity index (χ2n) is 5.63. The molecule has 20 heavy (non-hydrogen) atoms. The van der Waals surface area contributed by atoms with Crippen molar-refractivity contribution < 1.29 is 4.79 Å². The fourth-order valence-electron chi connectivity index (χ4n) is 3.36. The van der Waals surface area contributed by atoms with Crippen LogP contribution in [0.3, 0.4) is 0 Å². The van der Waals surface area contributed by atoms with Gasteiger partial charge in [-0.1, -0.05) is 13.3 Å². The summed E-state index contributed by atoms with van der Waals surface area (Å²) >= 11 is 8.02. The number of hydrogen-bond acceptors (Lipinski definition) is 2. The number of alkyl halides is 1. The van der Waals surface area contributed by atoms with Crippen LogP contribution in [0.5, 0.6) is 0 Å². The Bertz CT molecular complexity index is 495. The van der Waals surface area contributed by atoms with Gasteiger partial charge in [0.2, 0.25) is 0 Å². The van der Waals surface area contributed by atoms with E-state index in [0.717, 1.165) is 17.0 Å². The molecule has 0 saturated heterocycles. The number of aryl methyl sites for hydroxylation is 1. The Morgan fingerprint density at radius 3 is 2.80 bits per heavy atom. The Morgan fingerprint density at radius 2 is 2.20 bits per heavy atom. The molecule has 0 amide bonds. The van der Waals surface area contributed by atoms with Gasteiger partial charge in [-0.25, -0.2) is 0 Å². The first kappa shape index (κ1) is 16.0. The Balaban J connectivity index is 2.35. The zero-order valence-electron chi connectivity index (χ0n) is 12.8. The Morgan fingerprint density at radius 1 is 1.50 bits per heavy atom. The van der Waals surface area contributed by atoms with Gasteiger partial charge in [-0.05, 0) is 45.4 Å². The summed E-state index contributed by atoms with van der Waals surface area (Å²) in [6.07, 6.45) is 3.79. The van der Waals surface area contributed by atoms with Crippen molar-refractivity contribution in [2.75, 3.05) is 5.75 Å². The lowest BCUT2D eigenvalue weighted by Gasteiger charge is -2.24. The maximum atomic E-state index is 12.2. The monoisotopic (exact) mass is 313 g/mol. The quantitative estimate of drug-likeness (QED) is 0.577. The van der Waals surface area contributed by atoms with Crippen LogP contribution in [0.4, 0.5) is 0 Å². The lowest BCUT2D eigenvalue weighted by molar-refractivity contribution is 0.0991. The topological polar surface area (TPSA) is 22.0 Å². The third-order valence-corrected chi connectivity index (χ3v) is 5.75. The Hall–Kier alpha value is -0.410. The van der Waals surface area contributed by atoms with Crippen molar-refractivity contribution in [2.45, 2.75) is 63.6 Å². The van der Waals surface area contributed by atoms with Crippen LogP contribution in [0.15, 0.2) is 6.07 Å². The summed E-state index contributed by atoms with van der Waals surface area (Å²) in [5, 5.41) is 0.231.